The molecule has 0 unspecified atom stereocenters. The van der Waals surface area contributed by atoms with Crippen LogP contribution in [0.15, 0.2) is 22.8 Å². The molecule has 13 heavy (non-hydrogen) atoms. The van der Waals surface area contributed by atoms with Crippen LogP contribution in [0.4, 0.5) is 0 Å². The van der Waals surface area contributed by atoms with Gasteiger partial charge < -0.3 is 15.1 Å². The van der Waals surface area contributed by atoms with Crippen molar-refractivity contribution in [1.29, 1.82) is 0 Å². The molecule has 0 aliphatic carbocycles. The monoisotopic (exact) mass is 180 g/mol. The maximum absolute atomic E-state index is 5.32. The van der Waals surface area contributed by atoms with E-state index in [-0.39, 0.29) is 0 Å². The molecule has 1 aromatic heterocycles. The van der Waals surface area contributed by atoms with Gasteiger partial charge in [0.25, 0.3) is 0 Å². The Bertz CT molecular complexity index is 239. The van der Waals surface area contributed by atoms with Crippen LogP contribution in [-0.4, -0.2) is 19.1 Å². The first-order chi connectivity index (χ1) is 6.36. The van der Waals surface area contributed by atoms with Gasteiger partial charge in [-0.3, -0.25) is 0 Å². The average molecular weight is 180 g/mol. The predicted octanol–water partition coefficient (Wildman–Crippen LogP) is 1.29. The molecule has 3 heteroatoms. The summed E-state index contributed by atoms with van der Waals surface area (Å²) in [5.41, 5.74) is 0. The van der Waals surface area contributed by atoms with E-state index in [9.17, 15) is 0 Å². The minimum Gasteiger partial charge on any atom is -0.468 e. The fraction of sp³-hybridized carbons (Fsp3) is 0.600. The Labute approximate surface area is 78.5 Å². The van der Waals surface area contributed by atoms with Gasteiger partial charge in [0.15, 0.2) is 0 Å². The molecular formula is C10H16N2O. The smallest absolute Gasteiger partial charge is 0.120 e. The number of nitrogens with one attached hydrogen (secondary N) is 2. The minimum absolute atomic E-state index is 0.319. The second-order valence-electron chi connectivity index (χ2n) is 3.59. The van der Waals surface area contributed by atoms with Crippen LogP contribution in [0.1, 0.15) is 25.1 Å². The Hall–Kier alpha value is -0.800. The molecule has 72 valence electrons. The number of rotatable bonds is 3. The Kier molecular flexibility index (Phi) is 2.66. The number of hydrogen-bond acceptors (Lipinski definition) is 3. The van der Waals surface area contributed by atoms with Gasteiger partial charge in [-0.1, -0.05) is 0 Å². The van der Waals surface area contributed by atoms with Gasteiger partial charge in [-0.2, -0.15) is 0 Å². The molecule has 3 nitrogen and oxygen atoms in total. The van der Waals surface area contributed by atoms with E-state index in [0.29, 0.717) is 12.1 Å². The lowest BCUT2D eigenvalue weighted by molar-refractivity contribution is 0.397. The molecule has 2 N–H and O–H groups in total. The van der Waals surface area contributed by atoms with Crippen LogP contribution in [0.2, 0.25) is 0 Å². The zero-order valence-corrected chi connectivity index (χ0v) is 7.92. The fourth-order valence-electron chi connectivity index (χ4n) is 1.77. The van der Waals surface area contributed by atoms with Gasteiger partial charge in [0.2, 0.25) is 0 Å². The third-order valence-electron chi connectivity index (χ3n) is 2.52. The second kappa shape index (κ2) is 3.94. The van der Waals surface area contributed by atoms with Gasteiger partial charge in [0.1, 0.15) is 5.76 Å². The van der Waals surface area contributed by atoms with Crippen LogP contribution in [0, 0.1) is 0 Å². The summed E-state index contributed by atoms with van der Waals surface area (Å²) in [6, 6.07) is 4.86. The lowest BCUT2D eigenvalue weighted by atomic mass is 10.2. The van der Waals surface area contributed by atoms with Crippen LogP contribution in [0.25, 0.3) is 0 Å². The summed E-state index contributed by atoms with van der Waals surface area (Å²) < 4.78 is 5.32. The summed E-state index contributed by atoms with van der Waals surface area (Å²) >= 11 is 0. The van der Waals surface area contributed by atoms with E-state index < -0.39 is 0 Å². The molecule has 1 aliphatic heterocycles. The number of hydrogen-bond donors (Lipinski definition) is 2. The van der Waals surface area contributed by atoms with Crippen molar-refractivity contribution in [3.05, 3.63) is 24.2 Å². The van der Waals surface area contributed by atoms with Crippen LogP contribution >= 0.6 is 0 Å². The molecule has 0 bridgehead atoms. The van der Waals surface area contributed by atoms with Gasteiger partial charge in [0.05, 0.1) is 12.3 Å². The third kappa shape index (κ3) is 2.11. The van der Waals surface area contributed by atoms with Crippen molar-refractivity contribution >= 4 is 0 Å². The van der Waals surface area contributed by atoms with Gasteiger partial charge in [-0.15, -0.1) is 0 Å². The highest BCUT2D eigenvalue weighted by molar-refractivity contribution is 5.03. The zero-order chi connectivity index (χ0) is 9.10. The molecule has 0 spiro atoms. The topological polar surface area (TPSA) is 37.2 Å². The Morgan fingerprint density at radius 2 is 2.62 bits per heavy atom. The van der Waals surface area contributed by atoms with Crippen molar-refractivity contribution in [2.24, 2.45) is 0 Å². The van der Waals surface area contributed by atoms with Crippen LogP contribution < -0.4 is 10.6 Å². The molecule has 2 rings (SSSR count). The van der Waals surface area contributed by atoms with E-state index in [4.69, 9.17) is 4.42 Å². The molecule has 0 radical (unpaired) electrons. The molecule has 2 heterocycles. The standard InChI is InChI=1S/C10H16N2O/c1-8(10-3-2-6-13-10)12-9-4-5-11-7-9/h2-3,6,8-9,11-12H,4-5,7H2,1H3/t8-,9-/m0/s1. The first kappa shape index (κ1) is 8.78. The molecule has 0 aromatic carbocycles. The SMILES string of the molecule is C[C@H](N[C@H]1CCNC1)c1ccco1. The van der Waals surface area contributed by atoms with Gasteiger partial charge >= 0.3 is 0 Å². The fourth-order valence-corrected chi connectivity index (χ4v) is 1.77. The van der Waals surface area contributed by atoms with Crippen molar-refractivity contribution < 1.29 is 4.42 Å². The summed E-state index contributed by atoms with van der Waals surface area (Å²) in [5.74, 6) is 1.02. The predicted molar refractivity (Wildman–Crippen MR) is 51.5 cm³/mol. The summed E-state index contributed by atoms with van der Waals surface area (Å²) in [6.07, 6.45) is 2.94. The van der Waals surface area contributed by atoms with Crippen molar-refractivity contribution in [2.75, 3.05) is 13.1 Å². The first-order valence-corrected chi connectivity index (χ1v) is 4.86. The quantitative estimate of drug-likeness (QED) is 0.736. The van der Waals surface area contributed by atoms with E-state index in [1.165, 1.54) is 6.42 Å². The molecule has 2 atom stereocenters. The maximum Gasteiger partial charge on any atom is 0.120 e. The Morgan fingerprint density at radius 3 is 3.23 bits per heavy atom. The third-order valence-corrected chi connectivity index (χ3v) is 2.52. The zero-order valence-electron chi connectivity index (χ0n) is 7.92. The molecule has 0 saturated carbocycles. The largest absolute Gasteiger partial charge is 0.468 e. The van der Waals surface area contributed by atoms with Crippen molar-refractivity contribution in [2.45, 2.75) is 25.4 Å². The van der Waals surface area contributed by atoms with Crippen LogP contribution in [0.3, 0.4) is 0 Å². The molecule has 1 saturated heterocycles. The Morgan fingerprint density at radius 1 is 1.69 bits per heavy atom. The maximum atomic E-state index is 5.32. The van der Waals surface area contributed by atoms with Gasteiger partial charge in [-0.25, -0.2) is 0 Å². The second-order valence-corrected chi connectivity index (χ2v) is 3.59. The van der Waals surface area contributed by atoms with Gasteiger partial charge in [0, 0.05) is 12.6 Å². The molecule has 0 amide bonds. The van der Waals surface area contributed by atoms with Crippen molar-refractivity contribution in [3.8, 4) is 0 Å². The van der Waals surface area contributed by atoms with Crippen LogP contribution in [-0.2, 0) is 0 Å². The van der Waals surface area contributed by atoms with E-state index >= 15 is 0 Å². The molecule has 1 aliphatic rings. The summed E-state index contributed by atoms with van der Waals surface area (Å²) in [7, 11) is 0. The minimum atomic E-state index is 0.319. The highest BCUT2D eigenvalue weighted by atomic mass is 16.3. The number of furan rings is 1. The van der Waals surface area contributed by atoms with Gasteiger partial charge in [-0.05, 0) is 32.0 Å². The highest BCUT2D eigenvalue weighted by Gasteiger charge is 2.17. The summed E-state index contributed by atoms with van der Waals surface area (Å²) in [6.45, 7) is 4.34. The van der Waals surface area contributed by atoms with E-state index in [1.54, 1.807) is 6.26 Å². The van der Waals surface area contributed by atoms with Crippen molar-refractivity contribution in [3.63, 3.8) is 0 Å². The highest BCUT2D eigenvalue weighted by Crippen LogP contribution is 2.14. The molecule has 1 aromatic rings. The van der Waals surface area contributed by atoms with E-state index in [2.05, 4.69) is 17.6 Å². The lowest BCUT2D eigenvalue weighted by Crippen LogP contribution is -2.32. The molecular weight excluding hydrogens is 164 g/mol. The van der Waals surface area contributed by atoms with Crippen LogP contribution in [0.5, 0.6) is 0 Å². The normalized spacial score (nSPS) is 24.8. The summed E-state index contributed by atoms with van der Waals surface area (Å²) in [5, 5.41) is 6.85. The summed E-state index contributed by atoms with van der Waals surface area (Å²) in [4.78, 5) is 0. The van der Waals surface area contributed by atoms with E-state index in [1.807, 2.05) is 12.1 Å². The Balaban J connectivity index is 1.87. The lowest BCUT2D eigenvalue weighted by Gasteiger charge is -2.16. The van der Waals surface area contributed by atoms with E-state index in [0.717, 1.165) is 18.8 Å². The average Bonchev–Trinajstić information content (AvgIpc) is 2.74. The molecule has 1 fully saturated rings. The van der Waals surface area contributed by atoms with Crippen molar-refractivity contribution in [1.82, 2.24) is 10.6 Å². The first-order valence-electron chi connectivity index (χ1n) is 4.86.